The van der Waals surface area contributed by atoms with Crippen molar-refractivity contribution in [3.63, 3.8) is 0 Å². The minimum atomic E-state index is -1.19. The fraction of sp³-hybridized carbons (Fsp3) is 0.385. The zero-order valence-electron chi connectivity index (χ0n) is 11.5. The van der Waals surface area contributed by atoms with Gasteiger partial charge in [0.15, 0.2) is 0 Å². The van der Waals surface area contributed by atoms with Crippen LogP contribution in [0, 0.1) is 17.6 Å². The molecule has 21 heavy (non-hydrogen) atoms. The summed E-state index contributed by atoms with van der Waals surface area (Å²) in [7, 11) is 0. The zero-order valence-corrected chi connectivity index (χ0v) is 13.1. The molecule has 1 aromatic rings. The molecule has 0 aliphatic carbocycles. The highest BCUT2D eigenvalue weighted by atomic mass is 79.9. The lowest BCUT2D eigenvalue weighted by Crippen LogP contribution is -2.41. The van der Waals surface area contributed by atoms with Crippen LogP contribution in [-0.4, -0.2) is 35.1 Å². The average molecular weight is 365 g/mol. The fourth-order valence-electron chi connectivity index (χ4n) is 1.64. The molecule has 0 aliphatic heterocycles. The number of rotatable bonds is 5. The molecule has 0 heterocycles. The van der Waals surface area contributed by atoms with Gasteiger partial charge in [0.2, 0.25) is 0 Å². The van der Waals surface area contributed by atoms with Gasteiger partial charge in [0.25, 0.3) is 0 Å². The number of halogens is 3. The van der Waals surface area contributed by atoms with Crippen LogP contribution < -0.4 is 5.32 Å². The van der Waals surface area contributed by atoms with Crippen molar-refractivity contribution in [2.24, 2.45) is 5.92 Å². The first-order chi connectivity index (χ1) is 9.70. The third-order valence-corrected chi connectivity index (χ3v) is 3.06. The molecule has 0 unspecified atom stereocenters. The number of carboxylic acids is 1. The molecule has 0 radical (unpaired) electrons. The standard InChI is InChI=1S/C13H15BrF2N2O3/c1-7(2)5-18(6-12(19)20)13(21)17-11-4-9(15)8(14)3-10(11)16/h3-4,7H,5-6H2,1-2H3,(H,17,21)(H,19,20). The second kappa shape index (κ2) is 7.35. The van der Waals surface area contributed by atoms with E-state index in [1.807, 2.05) is 13.8 Å². The predicted molar refractivity (Wildman–Crippen MR) is 77.1 cm³/mol. The van der Waals surface area contributed by atoms with Gasteiger partial charge in [-0.05, 0) is 27.9 Å². The summed E-state index contributed by atoms with van der Waals surface area (Å²) >= 11 is 2.82. The average Bonchev–Trinajstić information content (AvgIpc) is 2.33. The molecule has 0 aliphatic rings. The van der Waals surface area contributed by atoms with Crippen molar-refractivity contribution in [2.75, 3.05) is 18.4 Å². The molecule has 5 nitrogen and oxygen atoms in total. The molecule has 0 saturated heterocycles. The molecule has 2 N–H and O–H groups in total. The lowest BCUT2D eigenvalue weighted by atomic mass is 10.2. The number of hydrogen-bond acceptors (Lipinski definition) is 2. The molecule has 0 saturated carbocycles. The van der Waals surface area contributed by atoms with E-state index >= 15 is 0 Å². The number of nitrogens with one attached hydrogen (secondary N) is 1. The van der Waals surface area contributed by atoms with Crippen molar-refractivity contribution in [3.8, 4) is 0 Å². The van der Waals surface area contributed by atoms with Crippen LogP contribution in [0.25, 0.3) is 0 Å². The van der Waals surface area contributed by atoms with Crippen LogP contribution in [-0.2, 0) is 4.79 Å². The second-order valence-corrected chi connectivity index (χ2v) is 5.70. The molecule has 0 fully saturated rings. The number of anilines is 1. The van der Waals surface area contributed by atoms with Crippen LogP contribution in [0.5, 0.6) is 0 Å². The molecule has 0 spiro atoms. The molecule has 0 bridgehead atoms. The van der Waals surface area contributed by atoms with Crippen molar-refractivity contribution in [3.05, 3.63) is 28.2 Å². The van der Waals surface area contributed by atoms with E-state index in [1.54, 1.807) is 0 Å². The Morgan fingerprint density at radius 1 is 1.33 bits per heavy atom. The van der Waals surface area contributed by atoms with E-state index in [-0.39, 0.29) is 22.6 Å². The third-order valence-electron chi connectivity index (χ3n) is 2.45. The first kappa shape index (κ1) is 17.4. The maximum absolute atomic E-state index is 13.6. The number of hydrogen-bond donors (Lipinski definition) is 2. The van der Waals surface area contributed by atoms with Crippen LogP contribution in [0.15, 0.2) is 16.6 Å². The highest BCUT2D eigenvalue weighted by molar-refractivity contribution is 9.10. The van der Waals surface area contributed by atoms with Gasteiger partial charge >= 0.3 is 12.0 Å². The Balaban J connectivity index is 2.90. The molecule has 1 rings (SSSR count). The first-order valence-corrected chi connectivity index (χ1v) is 6.92. The summed E-state index contributed by atoms with van der Waals surface area (Å²) in [5, 5.41) is 11.0. The van der Waals surface area contributed by atoms with Gasteiger partial charge in [-0.25, -0.2) is 13.6 Å². The number of amides is 2. The fourth-order valence-corrected chi connectivity index (χ4v) is 1.95. The number of benzene rings is 1. The van der Waals surface area contributed by atoms with E-state index in [1.165, 1.54) is 0 Å². The SMILES string of the molecule is CC(C)CN(CC(=O)O)C(=O)Nc1cc(F)c(Br)cc1F. The van der Waals surface area contributed by atoms with E-state index < -0.39 is 30.2 Å². The van der Waals surface area contributed by atoms with Crippen molar-refractivity contribution < 1.29 is 23.5 Å². The quantitative estimate of drug-likeness (QED) is 0.787. The largest absolute Gasteiger partial charge is 0.480 e. The van der Waals surface area contributed by atoms with Gasteiger partial charge in [0.05, 0.1) is 10.2 Å². The molecular formula is C13H15BrF2N2O3. The normalized spacial score (nSPS) is 10.6. The Morgan fingerprint density at radius 3 is 2.48 bits per heavy atom. The van der Waals surface area contributed by atoms with E-state index in [0.717, 1.165) is 17.0 Å². The molecular weight excluding hydrogens is 350 g/mol. The summed E-state index contributed by atoms with van der Waals surface area (Å²) in [4.78, 5) is 23.8. The van der Waals surface area contributed by atoms with Crippen LogP contribution in [0.3, 0.4) is 0 Å². The van der Waals surface area contributed by atoms with Gasteiger partial charge in [-0.15, -0.1) is 0 Å². The van der Waals surface area contributed by atoms with E-state index in [9.17, 15) is 18.4 Å². The number of urea groups is 1. The van der Waals surface area contributed by atoms with Crippen molar-refractivity contribution in [1.29, 1.82) is 0 Å². The van der Waals surface area contributed by atoms with E-state index in [0.29, 0.717) is 0 Å². The van der Waals surface area contributed by atoms with Crippen LogP contribution in [0.2, 0.25) is 0 Å². The van der Waals surface area contributed by atoms with Crippen LogP contribution in [0.1, 0.15) is 13.8 Å². The molecule has 0 atom stereocenters. The summed E-state index contributed by atoms with van der Waals surface area (Å²) in [6.45, 7) is 3.27. The summed E-state index contributed by atoms with van der Waals surface area (Å²) < 4.78 is 26.9. The van der Waals surface area contributed by atoms with Crippen LogP contribution >= 0.6 is 15.9 Å². The molecule has 2 amide bonds. The maximum atomic E-state index is 13.6. The van der Waals surface area contributed by atoms with E-state index in [4.69, 9.17) is 5.11 Å². The molecule has 116 valence electrons. The predicted octanol–water partition coefficient (Wildman–Crippen LogP) is 3.30. The topological polar surface area (TPSA) is 69.6 Å². The lowest BCUT2D eigenvalue weighted by Gasteiger charge is -2.23. The zero-order chi connectivity index (χ0) is 16.2. The number of aliphatic carboxylic acids is 1. The molecule has 8 heteroatoms. The minimum absolute atomic E-state index is 0.0293. The van der Waals surface area contributed by atoms with Gasteiger partial charge in [-0.1, -0.05) is 13.8 Å². The Hall–Kier alpha value is -1.70. The molecule has 0 aromatic heterocycles. The summed E-state index contributed by atoms with van der Waals surface area (Å²) in [6.07, 6.45) is 0. The maximum Gasteiger partial charge on any atom is 0.323 e. The summed E-state index contributed by atoms with van der Waals surface area (Å²) in [5.41, 5.74) is -0.347. The van der Waals surface area contributed by atoms with Gasteiger partial charge < -0.3 is 15.3 Å². The summed E-state index contributed by atoms with van der Waals surface area (Å²) in [6, 6.07) is 0.910. The number of carboxylic acid groups (broad SMARTS) is 1. The Labute approximate surface area is 129 Å². The smallest absolute Gasteiger partial charge is 0.323 e. The Kier molecular flexibility index (Phi) is 6.07. The number of nitrogens with zero attached hydrogens (tertiary/aromatic N) is 1. The number of carbonyl (C=O) groups is 2. The monoisotopic (exact) mass is 364 g/mol. The van der Waals surface area contributed by atoms with Crippen molar-refractivity contribution in [1.82, 2.24) is 4.90 Å². The summed E-state index contributed by atoms with van der Waals surface area (Å²) in [5.74, 6) is -2.72. The Bertz CT molecular complexity index is 552. The second-order valence-electron chi connectivity index (χ2n) is 4.84. The Morgan fingerprint density at radius 2 is 1.95 bits per heavy atom. The number of carbonyl (C=O) groups excluding carboxylic acids is 1. The van der Waals surface area contributed by atoms with Gasteiger partial charge in [0, 0.05) is 12.6 Å². The minimum Gasteiger partial charge on any atom is -0.480 e. The van der Waals surface area contributed by atoms with Crippen LogP contribution in [0.4, 0.5) is 19.3 Å². The van der Waals surface area contributed by atoms with Gasteiger partial charge in [0.1, 0.15) is 18.2 Å². The van der Waals surface area contributed by atoms with Gasteiger partial charge in [-0.2, -0.15) is 0 Å². The van der Waals surface area contributed by atoms with Gasteiger partial charge in [-0.3, -0.25) is 4.79 Å². The first-order valence-electron chi connectivity index (χ1n) is 6.13. The highest BCUT2D eigenvalue weighted by Crippen LogP contribution is 2.23. The van der Waals surface area contributed by atoms with Crippen molar-refractivity contribution in [2.45, 2.75) is 13.8 Å². The lowest BCUT2D eigenvalue weighted by molar-refractivity contribution is -0.137. The molecule has 1 aromatic carbocycles. The highest BCUT2D eigenvalue weighted by Gasteiger charge is 2.20. The van der Waals surface area contributed by atoms with Crippen molar-refractivity contribution >= 4 is 33.6 Å². The third kappa shape index (κ3) is 5.30. The van der Waals surface area contributed by atoms with E-state index in [2.05, 4.69) is 21.2 Å².